The lowest BCUT2D eigenvalue weighted by molar-refractivity contribution is -0.113. The lowest BCUT2D eigenvalue weighted by Gasteiger charge is -2.43. The highest BCUT2D eigenvalue weighted by Crippen LogP contribution is 2.36. The van der Waals surface area contributed by atoms with Crippen LogP contribution in [-0.2, 0) is 11.3 Å². The largest absolute Gasteiger partial charge is 0.366 e. The molecule has 156 valence electrons. The summed E-state index contributed by atoms with van der Waals surface area (Å²) in [6, 6.07) is 12.1. The second kappa shape index (κ2) is 8.61. The molecule has 0 radical (unpaired) electrons. The molecule has 2 amide bonds. The molecule has 0 spiro atoms. The second-order valence-electron chi connectivity index (χ2n) is 7.62. The van der Waals surface area contributed by atoms with Crippen molar-refractivity contribution in [3.8, 4) is 0 Å². The fourth-order valence-electron chi connectivity index (χ4n) is 4.26. The number of pyridine rings is 1. The minimum absolute atomic E-state index is 0.0560. The van der Waals surface area contributed by atoms with Gasteiger partial charge in [0.25, 0.3) is 11.5 Å². The van der Waals surface area contributed by atoms with Gasteiger partial charge in [0.05, 0.1) is 17.0 Å². The number of anilines is 1. The molecule has 3 heterocycles. The van der Waals surface area contributed by atoms with Gasteiger partial charge in [0.2, 0.25) is 5.91 Å². The first-order valence-electron chi connectivity index (χ1n) is 9.72. The number of aromatic nitrogens is 1. The molecule has 1 aromatic carbocycles. The summed E-state index contributed by atoms with van der Waals surface area (Å²) >= 11 is 6.90. The molecular formula is C21H22N4O3S2. The summed E-state index contributed by atoms with van der Waals surface area (Å²) < 4.78 is 2.56. The van der Waals surface area contributed by atoms with E-state index in [1.807, 2.05) is 16.7 Å². The maximum Gasteiger partial charge on any atom is 0.250 e. The highest BCUT2D eigenvalue weighted by molar-refractivity contribution is 8.23. The number of fused-ring (bicyclic) bond motifs is 4. The van der Waals surface area contributed by atoms with Crippen LogP contribution in [0.15, 0.2) is 47.3 Å². The third-order valence-electron chi connectivity index (χ3n) is 5.53. The Morgan fingerprint density at radius 2 is 1.93 bits per heavy atom. The number of nitrogens with zero attached hydrogens (tertiary/aromatic N) is 2. The van der Waals surface area contributed by atoms with Crippen molar-refractivity contribution in [3.63, 3.8) is 0 Å². The SMILES string of the molecule is NC(=O)c1ccccc1NC(=O)CSC(=S)N1C[C@H]2C[C@H](C1)c1cccc(=O)n1C2. The predicted molar refractivity (Wildman–Crippen MR) is 122 cm³/mol. The lowest BCUT2D eigenvalue weighted by Crippen LogP contribution is -2.48. The van der Waals surface area contributed by atoms with E-state index in [2.05, 4.69) is 10.2 Å². The van der Waals surface area contributed by atoms with Gasteiger partial charge in [-0.2, -0.15) is 0 Å². The van der Waals surface area contributed by atoms with E-state index >= 15 is 0 Å². The van der Waals surface area contributed by atoms with Gasteiger partial charge in [-0.05, 0) is 30.5 Å². The average molecular weight is 443 g/mol. The van der Waals surface area contributed by atoms with E-state index in [1.165, 1.54) is 11.8 Å². The maximum absolute atomic E-state index is 12.4. The molecule has 9 heteroatoms. The van der Waals surface area contributed by atoms with Crippen LogP contribution in [0.5, 0.6) is 0 Å². The summed E-state index contributed by atoms with van der Waals surface area (Å²) in [5.41, 5.74) is 7.15. The van der Waals surface area contributed by atoms with Gasteiger partial charge in [-0.1, -0.05) is 42.2 Å². The molecule has 2 aliphatic rings. The Bertz CT molecular complexity index is 1070. The Kier molecular flexibility index (Phi) is 5.92. The first-order chi connectivity index (χ1) is 14.4. The highest BCUT2D eigenvalue weighted by atomic mass is 32.2. The van der Waals surface area contributed by atoms with Gasteiger partial charge in [-0.15, -0.1) is 0 Å². The van der Waals surface area contributed by atoms with Crippen LogP contribution in [0.3, 0.4) is 0 Å². The summed E-state index contributed by atoms with van der Waals surface area (Å²) in [5, 5.41) is 2.73. The minimum atomic E-state index is -0.590. The van der Waals surface area contributed by atoms with Crippen LogP contribution in [-0.4, -0.2) is 44.4 Å². The molecule has 3 N–H and O–H groups in total. The molecule has 0 aliphatic carbocycles. The number of hydrogen-bond donors (Lipinski definition) is 2. The molecule has 2 bridgehead atoms. The van der Waals surface area contributed by atoms with Crippen molar-refractivity contribution in [2.45, 2.75) is 18.9 Å². The Labute approximate surface area is 183 Å². The van der Waals surface area contributed by atoms with Crippen LogP contribution in [0.1, 0.15) is 28.4 Å². The monoisotopic (exact) mass is 442 g/mol. The standard InChI is InChI=1S/C21H22N4O3S2/c22-20(28)15-4-1-2-5-16(15)23-18(26)12-30-21(29)24-9-13-8-14(11-24)17-6-3-7-19(27)25(17)10-13/h1-7,13-14H,8-12H2,(H2,22,28)(H,23,26)/t13-,14-/m1/s1. The number of piperidine rings is 1. The van der Waals surface area contributed by atoms with E-state index in [-0.39, 0.29) is 28.7 Å². The molecule has 1 saturated heterocycles. The topological polar surface area (TPSA) is 97.4 Å². The van der Waals surface area contributed by atoms with Crippen molar-refractivity contribution in [2.24, 2.45) is 11.7 Å². The highest BCUT2D eigenvalue weighted by Gasteiger charge is 2.35. The number of amides is 2. The van der Waals surface area contributed by atoms with E-state index in [1.54, 1.807) is 30.3 Å². The zero-order valence-corrected chi connectivity index (χ0v) is 17.9. The number of thioether (sulfide) groups is 1. The Morgan fingerprint density at radius 1 is 1.13 bits per heavy atom. The lowest BCUT2D eigenvalue weighted by atomic mass is 9.83. The van der Waals surface area contributed by atoms with E-state index in [0.29, 0.717) is 22.5 Å². The van der Waals surface area contributed by atoms with Crippen molar-refractivity contribution in [1.82, 2.24) is 9.47 Å². The molecule has 1 fully saturated rings. The number of carbonyl (C=O) groups excluding carboxylic acids is 2. The van der Waals surface area contributed by atoms with Crippen molar-refractivity contribution in [3.05, 3.63) is 64.1 Å². The molecule has 0 unspecified atom stereocenters. The Morgan fingerprint density at radius 3 is 2.73 bits per heavy atom. The number of primary amides is 1. The van der Waals surface area contributed by atoms with Crippen LogP contribution >= 0.6 is 24.0 Å². The molecule has 1 aromatic heterocycles. The van der Waals surface area contributed by atoms with Crippen LogP contribution in [0.4, 0.5) is 5.69 Å². The number of nitrogens with one attached hydrogen (secondary N) is 1. The van der Waals surface area contributed by atoms with Crippen molar-refractivity contribution in [2.75, 3.05) is 24.2 Å². The summed E-state index contributed by atoms with van der Waals surface area (Å²) in [6.45, 7) is 2.24. The number of carbonyl (C=O) groups is 2. The minimum Gasteiger partial charge on any atom is -0.366 e. The normalized spacial score (nSPS) is 19.7. The van der Waals surface area contributed by atoms with Gasteiger partial charge < -0.3 is 20.5 Å². The first kappa shape index (κ1) is 20.6. The molecule has 7 nitrogen and oxygen atoms in total. The molecule has 2 aliphatic heterocycles. The number of rotatable bonds is 4. The van der Waals surface area contributed by atoms with Gasteiger partial charge in [0.1, 0.15) is 4.32 Å². The molecular weight excluding hydrogens is 420 g/mol. The fraction of sp³-hybridized carbons (Fsp3) is 0.333. The first-order valence-corrected chi connectivity index (χ1v) is 11.1. The summed E-state index contributed by atoms with van der Waals surface area (Å²) in [4.78, 5) is 38.2. The summed E-state index contributed by atoms with van der Waals surface area (Å²) in [7, 11) is 0. The van der Waals surface area contributed by atoms with Crippen molar-refractivity contribution < 1.29 is 9.59 Å². The van der Waals surface area contributed by atoms with Crippen molar-refractivity contribution in [1.29, 1.82) is 0 Å². The average Bonchev–Trinajstić information content (AvgIpc) is 2.73. The summed E-state index contributed by atoms with van der Waals surface area (Å²) in [5.74, 6) is -0.0563. The van der Waals surface area contributed by atoms with Crippen LogP contribution < -0.4 is 16.6 Å². The predicted octanol–water partition coefficient (Wildman–Crippen LogP) is 2.02. The van der Waals surface area contributed by atoms with E-state index in [0.717, 1.165) is 25.2 Å². The molecule has 2 aromatic rings. The Balaban J connectivity index is 1.36. The number of para-hydroxylation sites is 1. The Hall–Kier alpha value is -2.65. The van der Waals surface area contributed by atoms with E-state index in [9.17, 15) is 14.4 Å². The van der Waals surface area contributed by atoms with E-state index in [4.69, 9.17) is 18.0 Å². The number of likely N-dealkylation sites (tertiary alicyclic amines) is 1. The number of nitrogens with two attached hydrogens (primary N) is 1. The molecule has 30 heavy (non-hydrogen) atoms. The number of hydrogen-bond acceptors (Lipinski definition) is 5. The number of thiocarbonyl (C=S) groups is 1. The third-order valence-corrected chi connectivity index (χ3v) is 7.05. The molecule has 2 atom stereocenters. The van der Waals surface area contributed by atoms with Gasteiger partial charge in [-0.3, -0.25) is 14.4 Å². The smallest absolute Gasteiger partial charge is 0.250 e. The summed E-state index contributed by atoms with van der Waals surface area (Å²) in [6.07, 6.45) is 1.05. The molecule has 0 saturated carbocycles. The van der Waals surface area contributed by atoms with Gasteiger partial charge >= 0.3 is 0 Å². The second-order valence-corrected chi connectivity index (χ2v) is 9.22. The molecule has 4 rings (SSSR count). The zero-order chi connectivity index (χ0) is 21.3. The van der Waals surface area contributed by atoms with Gasteiger partial charge in [0, 0.05) is 37.3 Å². The zero-order valence-electron chi connectivity index (χ0n) is 16.2. The maximum atomic E-state index is 12.4. The van der Waals surface area contributed by atoms with Crippen LogP contribution in [0.2, 0.25) is 0 Å². The van der Waals surface area contributed by atoms with Gasteiger partial charge in [-0.25, -0.2) is 0 Å². The van der Waals surface area contributed by atoms with Crippen LogP contribution in [0.25, 0.3) is 0 Å². The fourth-order valence-corrected chi connectivity index (χ4v) is 5.24. The van der Waals surface area contributed by atoms with Crippen molar-refractivity contribution >= 4 is 45.8 Å². The van der Waals surface area contributed by atoms with E-state index < -0.39 is 5.91 Å². The quantitative estimate of drug-likeness (QED) is 0.703. The van der Waals surface area contributed by atoms with Gasteiger partial charge in [0.15, 0.2) is 0 Å². The third kappa shape index (κ3) is 4.27. The van der Waals surface area contributed by atoms with Crippen LogP contribution in [0, 0.1) is 5.92 Å². The number of benzene rings is 1.